The lowest BCUT2D eigenvalue weighted by Crippen LogP contribution is -2.43. The minimum Gasteiger partial charge on any atom is -0.458 e. The maximum Gasteiger partial charge on any atom is 0.323 e. The quantitative estimate of drug-likeness (QED) is 0.777. The molecule has 0 heterocycles. The Balaban J connectivity index is 2.46. The fraction of sp³-hybridized carbons (Fsp3) is 0.938. The third kappa shape index (κ3) is 5.13. The van der Waals surface area contributed by atoms with Gasteiger partial charge in [-0.2, -0.15) is 0 Å². The highest BCUT2D eigenvalue weighted by Gasteiger charge is 2.36. The van der Waals surface area contributed by atoms with Crippen LogP contribution in [0.4, 0.5) is 0 Å². The van der Waals surface area contributed by atoms with Crippen molar-refractivity contribution in [1.29, 1.82) is 0 Å². The molecule has 3 heteroatoms. The predicted octanol–water partition coefficient (Wildman–Crippen LogP) is 3.51. The lowest BCUT2D eigenvalue weighted by atomic mass is 9.75. The number of carbonyl (C=O) groups is 1. The van der Waals surface area contributed by atoms with Gasteiger partial charge < -0.3 is 10.5 Å². The SMILES string of the molecule is CC(C)C[C@H](N)C(=O)OC1(C)CCC(C(C)C)CC1. The van der Waals surface area contributed by atoms with E-state index in [0.29, 0.717) is 12.3 Å². The monoisotopic (exact) mass is 269 g/mol. The highest BCUT2D eigenvalue weighted by molar-refractivity contribution is 5.75. The first-order chi connectivity index (χ1) is 8.73. The van der Waals surface area contributed by atoms with Gasteiger partial charge in [-0.3, -0.25) is 4.79 Å². The van der Waals surface area contributed by atoms with E-state index >= 15 is 0 Å². The van der Waals surface area contributed by atoms with Gasteiger partial charge in [0.15, 0.2) is 0 Å². The maximum atomic E-state index is 12.0. The zero-order valence-electron chi connectivity index (χ0n) is 13.2. The Morgan fingerprint density at radius 2 is 1.79 bits per heavy atom. The summed E-state index contributed by atoms with van der Waals surface area (Å²) in [4.78, 5) is 12.0. The molecule has 0 aliphatic heterocycles. The van der Waals surface area contributed by atoms with Gasteiger partial charge in [0.2, 0.25) is 0 Å². The summed E-state index contributed by atoms with van der Waals surface area (Å²) in [5.74, 6) is 1.70. The molecular formula is C16H31NO2. The normalized spacial score (nSPS) is 29.6. The molecule has 0 aromatic carbocycles. The molecule has 0 aromatic heterocycles. The lowest BCUT2D eigenvalue weighted by Gasteiger charge is -2.38. The van der Waals surface area contributed by atoms with Crippen molar-refractivity contribution in [2.75, 3.05) is 0 Å². The van der Waals surface area contributed by atoms with E-state index in [-0.39, 0.29) is 11.6 Å². The van der Waals surface area contributed by atoms with Gasteiger partial charge in [-0.05, 0) is 56.8 Å². The standard InChI is InChI=1S/C16H31NO2/c1-11(2)10-14(17)15(18)19-16(5)8-6-13(7-9-16)12(3)4/h11-14H,6-10,17H2,1-5H3/t13?,14-,16?/m0/s1. The summed E-state index contributed by atoms with van der Waals surface area (Å²) in [7, 11) is 0. The Kier molecular flexibility index (Phi) is 5.84. The number of hydrogen-bond acceptors (Lipinski definition) is 3. The van der Waals surface area contributed by atoms with Crippen LogP contribution in [0.3, 0.4) is 0 Å². The van der Waals surface area contributed by atoms with Crippen molar-refractivity contribution in [3.05, 3.63) is 0 Å². The van der Waals surface area contributed by atoms with Crippen molar-refractivity contribution in [1.82, 2.24) is 0 Å². The molecule has 1 atom stereocenters. The highest BCUT2D eigenvalue weighted by atomic mass is 16.6. The molecule has 0 radical (unpaired) electrons. The van der Waals surface area contributed by atoms with Gasteiger partial charge in [-0.15, -0.1) is 0 Å². The summed E-state index contributed by atoms with van der Waals surface area (Å²) < 4.78 is 5.71. The Hall–Kier alpha value is -0.570. The largest absolute Gasteiger partial charge is 0.458 e. The summed E-state index contributed by atoms with van der Waals surface area (Å²) in [6, 6.07) is -0.473. The number of ether oxygens (including phenoxy) is 1. The summed E-state index contributed by atoms with van der Waals surface area (Å²) in [6.07, 6.45) is 4.94. The minimum atomic E-state index is -0.473. The van der Waals surface area contributed by atoms with Crippen LogP contribution in [0.5, 0.6) is 0 Å². The smallest absolute Gasteiger partial charge is 0.323 e. The molecule has 0 aromatic rings. The van der Waals surface area contributed by atoms with Gasteiger partial charge in [-0.1, -0.05) is 27.7 Å². The van der Waals surface area contributed by atoms with Crippen molar-refractivity contribution >= 4 is 5.97 Å². The number of carbonyl (C=O) groups excluding carboxylic acids is 1. The Morgan fingerprint density at radius 1 is 1.26 bits per heavy atom. The number of nitrogens with two attached hydrogens (primary N) is 1. The number of esters is 1. The fourth-order valence-corrected chi connectivity index (χ4v) is 2.94. The molecule has 1 fully saturated rings. The van der Waals surface area contributed by atoms with Crippen molar-refractivity contribution in [3.63, 3.8) is 0 Å². The van der Waals surface area contributed by atoms with Gasteiger partial charge in [0.05, 0.1) is 0 Å². The molecule has 2 N–H and O–H groups in total. The van der Waals surface area contributed by atoms with E-state index in [4.69, 9.17) is 10.5 Å². The second-order valence-corrected chi connectivity index (χ2v) is 7.19. The van der Waals surface area contributed by atoms with E-state index in [1.165, 1.54) is 0 Å². The molecule has 0 saturated heterocycles. The van der Waals surface area contributed by atoms with E-state index < -0.39 is 6.04 Å². The number of hydrogen-bond donors (Lipinski definition) is 1. The zero-order valence-corrected chi connectivity index (χ0v) is 13.2. The molecular weight excluding hydrogens is 238 g/mol. The summed E-state index contributed by atoms with van der Waals surface area (Å²) in [5.41, 5.74) is 5.60. The van der Waals surface area contributed by atoms with Gasteiger partial charge in [0, 0.05) is 0 Å². The Bertz CT molecular complexity index is 291. The van der Waals surface area contributed by atoms with E-state index in [2.05, 4.69) is 34.6 Å². The summed E-state index contributed by atoms with van der Waals surface area (Å²) in [6.45, 7) is 10.8. The molecule has 3 nitrogen and oxygen atoms in total. The van der Waals surface area contributed by atoms with Crippen LogP contribution in [0.25, 0.3) is 0 Å². The second-order valence-electron chi connectivity index (χ2n) is 7.19. The van der Waals surface area contributed by atoms with Gasteiger partial charge in [0.1, 0.15) is 11.6 Å². The first-order valence-corrected chi connectivity index (χ1v) is 7.72. The zero-order chi connectivity index (χ0) is 14.6. The van der Waals surface area contributed by atoms with Crippen molar-refractivity contribution in [2.45, 2.75) is 78.4 Å². The molecule has 0 spiro atoms. The Morgan fingerprint density at radius 3 is 2.21 bits per heavy atom. The van der Waals surface area contributed by atoms with Crippen LogP contribution in [0, 0.1) is 17.8 Å². The molecule has 112 valence electrons. The van der Waals surface area contributed by atoms with Crippen LogP contribution in [0.1, 0.15) is 66.7 Å². The lowest BCUT2D eigenvalue weighted by molar-refractivity contribution is -0.164. The van der Waals surface area contributed by atoms with Gasteiger partial charge in [-0.25, -0.2) is 0 Å². The summed E-state index contributed by atoms with van der Waals surface area (Å²) in [5, 5.41) is 0. The highest BCUT2D eigenvalue weighted by Crippen LogP contribution is 2.38. The van der Waals surface area contributed by atoms with E-state index in [0.717, 1.165) is 37.5 Å². The maximum absolute atomic E-state index is 12.0. The summed E-state index contributed by atoms with van der Waals surface area (Å²) >= 11 is 0. The van der Waals surface area contributed by atoms with Crippen molar-refractivity contribution in [3.8, 4) is 0 Å². The van der Waals surface area contributed by atoms with Crippen LogP contribution in [0.2, 0.25) is 0 Å². The number of rotatable bonds is 5. The van der Waals surface area contributed by atoms with E-state index in [1.807, 2.05) is 0 Å². The molecule has 0 bridgehead atoms. The van der Waals surface area contributed by atoms with Gasteiger partial charge >= 0.3 is 5.97 Å². The van der Waals surface area contributed by atoms with Crippen LogP contribution in [0.15, 0.2) is 0 Å². The first kappa shape index (κ1) is 16.5. The minimum absolute atomic E-state index is 0.223. The second kappa shape index (κ2) is 6.74. The van der Waals surface area contributed by atoms with Crippen LogP contribution < -0.4 is 5.73 Å². The van der Waals surface area contributed by atoms with E-state index in [9.17, 15) is 4.79 Å². The third-order valence-electron chi connectivity index (χ3n) is 4.41. The van der Waals surface area contributed by atoms with Gasteiger partial charge in [0.25, 0.3) is 0 Å². The van der Waals surface area contributed by atoms with Crippen LogP contribution >= 0.6 is 0 Å². The average molecular weight is 269 g/mol. The molecule has 0 amide bonds. The van der Waals surface area contributed by atoms with Crippen LogP contribution in [-0.4, -0.2) is 17.6 Å². The molecule has 19 heavy (non-hydrogen) atoms. The average Bonchev–Trinajstić information content (AvgIpc) is 2.27. The molecule has 1 rings (SSSR count). The van der Waals surface area contributed by atoms with Crippen LogP contribution in [-0.2, 0) is 9.53 Å². The molecule has 1 aliphatic rings. The van der Waals surface area contributed by atoms with Crippen molar-refractivity contribution < 1.29 is 9.53 Å². The topological polar surface area (TPSA) is 52.3 Å². The third-order valence-corrected chi connectivity index (χ3v) is 4.41. The van der Waals surface area contributed by atoms with Crippen molar-refractivity contribution in [2.24, 2.45) is 23.5 Å². The molecule has 1 saturated carbocycles. The molecule has 0 unspecified atom stereocenters. The molecule has 1 aliphatic carbocycles. The van der Waals surface area contributed by atoms with E-state index in [1.54, 1.807) is 0 Å². The predicted molar refractivity (Wildman–Crippen MR) is 78.7 cm³/mol. The Labute approximate surface area is 118 Å². The fourth-order valence-electron chi connectivity index (χ4n) is 2.94. The first-order valence-electron chi connectivity index (χ1n) is 7.72.